The Morgan fingerprint density at radius 3 is 2.79 bits per heavy atom. The summed E-state index contributed by atoms with van der Waals surface area (Å²) >= 11 is 0. The molecule has 152 valence electrons. The number of imidazole rings is 1. The predicted octanol–water partition coefficient (Wildman–Crippen LogP) is 1.27. The van der Waals surface area contributed by atoms with Gasteiger partial charge in [-0.2, -0.15) is 5.10 Å². The molecule has 0 aromatic carbocycles. The molecule has 9 heteroatoms. The summed E-state index contributed by atoms with van der Waals surface area (Å²) in [5.74, 6) is 2.32. The lowest BCUT2D eigenvalue weighted by Crippen LogP contribution is -2.36. The topological polar surface area (TPSA) is 86.7 Å². The van der Waals surface area contributed by atoms with Gasteiger partial charge in [0.15, 0.2) is 5.82 Å². The van der Waals surface area contributed by atoms with Crippen molar-refractivity contribution in [1.82, 2.24) is 39.0 Å². The first kappa shape index (κ1) is 18.2. The monoisotopic (exact) mass is 394 g/mol. The zero-order valence-electron chi connectivity index (χ0n) is 16.5. The Labute approximate surface area is 169 Å². The average Bonchev–Trinajstić information content (AvgIpc) is 3.40. The molecule has 0 spiro atoms. The Morgan fingerprint density at radius 2 is 2.00 bits per heavy atom. The van der Waals surface area contributed by atoms with Crippen LogP contribution in [0.4, 0.5) is 0 Å². The van der Waals surface area contributed by atoms with Crippen molar-refractivity contribution >= 4 is 0 Å². The van der Waals surface area contributed by atoms with Gasteiger partial charge in [-0.25, -0.2) is 19.3 Å². The molecule has 0 radical (unpaired) electrons. The number of hydrogen-bond acceptors (Lipinski definition) is 6. The molecule has 0 aliphatic carbocycles. The van der Waals surface area contributed by atoms with Crippen LogP contribution in [-0.4, -0.2) is 52.1 Å². The molecule has 0 amide bonds. The van der Waals surface area contributed by atoms with E-state index < -0.39 is 0 Å². The number of likely N-dealkylation sites (tertiary alicyclic amines) is 1. The van der Waals surface area contributed by atoms with Crippen molar-refractivity contribution in [2.45, 2.75) is 51.7 Å². The number of piperidine rings is 1. The summed E-state index contributed by atoms with van der Waals surface area (Å²) in [7, 11) is 0. The summed E-state index contributed by atoms with van der Waals surface area (Å²) in [5, 5.41) is 8.56. The molecule has 0 saturated carbocycles. The van der Waals surface area contributed by atoms with Crippen LogP contribution >= 0.6 is 0 Å². The fourth-order valence-corrected chi connectivity index (χ4v) is 4.37. The second-order valence-corrected chi connectivity index (χ2v) is 8.07. The normalized spacial score (nSPS) is 18.1. The number of aryl methyl sites for hydroxylation is 2. The van der Waals surface area contributed by atoms with Gasteiger partial charge in [0, 0.05) is 38.3 Å². The van der Waals surface area contributed by atoms with Crippen molar-refractivity contribution < 1.29 is 0 Å². The van der Waals surface area contributed by atoms with Gasteiger partial charge < -0.3 is 4.57 Å². The quantitative estimate of drug-likeness (QED) is 0.648. The molecule has 9 nitrogen and oxygen atoms in total. The molecule has 5 rings (SSSR count). The number of aromatic nitrogens is 7. The smallest absolute Gasteiger partial charge is 0.266 e. The van der Waals surface area contributed by atoms with E-state index in [-0.39, 0.29) is 5.56 Å². The highest BCUT2D eigenvalue weighted by Gasteiger charge is 2.22. The zero-order chi connectivity index (χ0) is 19.6. The van der Waals surface area contributed by atoms with Crippen LogP contribution in [0.15, 0.2) is 35.8 Å². The Bertz CT molecular complexity index is 990. The number of rotatable bonds is 5. The van der Waals surface area contributed by atoms with E-state index in [9.17, 15) is 4.79 Å². The molecule has 3 aromatic heterocycles. The van der Waals surface area contributed by atoms with Crippen LogP contribution in [0, 0.1) is 5.92 Å². The fraction of sp³-hybridized carbons (Fsp3) is 0.550. The Kier molecular flexibility index (Phi) is 4.97. The number of hydrogen-bond donors (Lipinski definition) is 0. The molecule has 5 heterocycles. The van der Waals surface area contributed by atoms with E-state index in [1.165, 1.54) is 30.7 Å². The summed E-state index contributed by atoms with van der Waals surface area (Å²) in [6.07, 6.45) is 11.0. The van der Waals surface area contributed by atoms with E-state index >= 15 is 0 Å². The lowest BCUT2D eigenvalue weighted by atomic mass is 9.97. The standard InChI is InChI=1S/C20H26N8O/c29-20-5-4-19(28-15-21-14-22-28)24-27(20)11-16-6-9-25(10-7-16)12-17-13-26-8-2-1-3-18(26)23-17/h4-5,13-16H,1-3,6-12H2. The minimum absolute atomic E-state index is 0.0696. The van der Waals surface area contributed by atoms with Gasteiger partial charge >= 0.3 is 0 Å². The van der Waals surface area contributed by atoms with Crippen molar-refractivity contribution in [3.8, 4) is 5.82 Å². The van der Waals surface area contributed by atoms with Crippen molar-refractivity contribution in [2.24, 2.45) is 5.92 Å². The minimum Gasteiger partial charge on any atom is -0.335 e. The Balaban J connectivity index is 1.19. The first-order chi connectivity index (χ1) is 14.2. The maximum absolute atomic E-state index is 12.3. The third kappa shape index (κ3) is 4.00. The first-order valence-corrected chi connectivity index (χ1v) is 10.4. The molecular formula is C20H26N8O. The first-order valence-electron chi connectivity index (χ1n) is 10.4. The summed E-state index contributed by atoms with van der Waals surface area (Å²) < 4.78 is 5.47. The van der Waals surface area contributed by atoms with Gasteiger partial charge in [-0.05, 0) is 50.8 Å². The maximum atomic E-state index is 12.3. The maximum Gasteiger partial charge on any atom is 0.266 e. The summed E-state index contributed by atoms with van der Waals surface area (Å²) in [6, 6.07) is 3.24. The summed E-state index contributed by atoms with van der Waals surface area (Å²) in [4.78, 5) is 23.5. The molecule has 29 heavy (non-hydrogen) atoms. The molecule has 0 unspecified atom stereocenters. The van der Waals surface area contributed by atoms with E-state index in [0.29, 0.717) is 18.3 Å². The van der Waals surface area contributed by atoms with Gasteiger partial charge in [-0.1, -0.05) is 0 Å². The molecule has 3 aromatic rings. The highest BCUT2D eigenvalue weighted by atomic mass is 16.1. The van der Waals surface area contributed by atoms with Crippen molar-refractivity contribution in [1.29, 1.82) is 0 Å². The molecule has 0 bridgehead atoms. The van der Waals surface area contributed by atoms with Crippen LogP contribution in [0.2, 0.25) is 0 Å². The van der Waals surface area contributed by atoms with Crippen molar-refractivity contribution in [3.63, 3.8) is 0 Å². The van der Waals surface area contributed by atoms with E-state index in [1.54, 1.807) is 27.8 Å². The molecule has 1 saturated heterocycles. The lowest BCUT2D eigenvalue weighted by molar-refractivity contribution is 0.162. The van der Waals surface area contributed by atoms with Gasteiger partial charge in [0.25, 0.3) is 5.56 Å². The van der Waals surface area contributed by atoms with E-state index in [0.717, 1.165) is 45.4 Å². The van der Waals surface area contributed by atoms with E-state index in [4.69, 9.17) is 4.98 Å². The third-order valence-corrected chi connectivity index (χ3v) is 5.99. The van der Waals surface area contributed by atoms with Crippen LogP contribution < -0.4 is 5.56 Å². The number of nitrogens with zero attached hydrogens (tertiary/aromatic N) is 8. The van der Waals surface area contributed by atoms with Gasteiger partial charge in [0.05, 0.1) is 5.69 Å². The largest absolute Gasteiger partial charge is 0.335 e. The van der Waals surface area contributed by atoms with E-state index in [2.05, 4.69) is 30.8 Å². The average molecular weight is 394 g/mol. The second kappa shape index (κ2) is 7.90. The molecule has 1 fully saturated rings. The van der Waals surface area contributed by atoms with Crippen molar-refractivity contribution in [2.75, 3.05) is 13.1 Å². The highest BCUT2D eigenvalue weighted by Crippen LogP contribution is 2.21. The van der Waals surface area contributed by atoms with Gasteiger partial charge in [-0.15, -0.1) is 5.10 Å². The van der Waals surface area contributed by atoms with Crippen LogP contribution in [0.25, 0.3) is 5.82 Å². The zero-order valence-corrected chi connectivity index (χ0v) is 16.5. The predicted molar refractivity (Wildman–Crippen MR) is 107 cm³/mol. The second-order valence-electron chi connectivity index (χ2n) is 8.07. The van der Waals surface area contributed by atoms with Crippen LogP contribution in [-0.2, 0) is 26.1 Å². The lowest BCUT2D eigenvalue weighted by Gasteiger charge is -2.31. The molecule has 2 aliphatic heterocycles. The Hall–Kier alpha value is -2.81. The molecular weight excluding hydrogens is 368 g/mol. The molecule has 0 N–H and O–H groups in total. The molecule has 0 atom stereocenters. The highest BCUT2D eigenvalue weighted by molar-refractivity contribution is 5.16. The van der Waals surface area contributed by atoms with E-state index in [1.807, 2.05) is 0 Å². The SMILES string of the molecule is O=c1ccc(-n2cncn2)nn1CC1CCN(Cc2cn3c(n2)CCCC3)CC1. The van der Waals surface area contributed by atoms with Gasteiger partial charge in [0.1, 0.15) is 18.5 Å². The van der Waals surface area contributed by atoms with Crippen LogP contribution in [0.5, 0.6) is 0 Å². The van der Waals surface area contributed by atoms with Crippen molar-refractivity contribution in [3.05, 3.63) is 52.9 Å². The summed E-state index contributed by atoms with van der Waals surface area (Å²) in [6.45, 7) is 4.75. The van der Waals surface area contributed by atoms with Gasteiger partial charge in [0.2, 0.25) is 0 Å². The molecule has 2 aliphatic rings. The minimum atomic E-state index is -0.0696. The Morgan fingerprint density at radius 1 is 1.10 bits per heavy atom. The summed E-state index contributed by atoms with van der Waals surface area (Å²) in [5.41, 5.74) is 1.12. The number of fused-ring (bicyclic) bond motifs is 1. The van der Waals surface area contributed by atoms with Crippen LogP contribution in [0.3, 0.4) is 0 Å². The fourth-order valence-electron chi connectivity index (χ4n) is 4.37. The van der Waals surface area contributed by atoms with Crippen LogP contribution in [0.1, 0.15) is 37.2 Å². The van der Waals surface area contributed by atoms with Gasteiger partial charge in [-0.3, -0.25) is 9.69 Å². The third-order valence-electron chi connectivity index (χ3n) is 5.99.